The summed E-state index contributed by atoms with van der Waals surface area (Å²) in [6.07, 6.45) is 2.93. The molecule has 3 aromatic rings. The number of nitrogens with zero attached hydrogens (tertiary/aromatic N) is 2. The van der Waals surface area contributed by atoms with E-state index >= 15 is 0 Å². The largest absolute Gasteiger partial charge is 0.454 e. The van der Waals surface area contributed by atoms with Gasteiger partial charge < -0.3 is 14.4 Å². The van der Waals surface area contributed by atoms with Crippen LogP contribution in [0.1, 0.15) is 33.6 Å². The van der Waals surface area contributed by atoms with E-state index in [9.17, 15) is 4.79 Å². The Hall–Kier alpha value is -3.08. The van der Waals surface area contributed by atoms with Crippen LogP contribution in [-0.2, 0) is 19.4 Å². The molecule has 2 aliphatic rings. The maximum absolute atomic E-state index is 13.4. The first-order chi connectivity index (χ1) is 13.2. The molecule has 5 nitrogen and oxygen atoms in total. The fourth-order valence-electron chi connectivity index (χ4n) is 4.03. The SMILES string of the molecule is CN(Cc1ccc2c(c1)OCO2)C(=O)c1c2c(nc3ccccc13)CCC2. The zero-order chi connectivity index (χ0) is 18.4. The van der Waals surface area contributed by atoms with E-state index in [2.05, 4.69) is 0 Å². The van der Waals surface area contributed by atoms with Crippen LogP contribution in [0, 0.1) is 0 Å². The summed E-state index contributed by atoms with van der Waals surface area (Å²) in [5, 5.41) is 0.945. The summed E-state index contributed by atoms with van der Waals surface area (Å²) in [4.78, 5) is 20.0. The Kier molecular flexibility index (Phi) is 3.74. The van der Waals surface area contributed by atoms with Crippen LogP contribution >= 0.6 is 0 Å². The van der Waals surface area contributed by atoms with Crippen LogP contribution in [-0.4, -0.2) is 29.6 Å². The van der Waals surface area contributed by atoms with Crippen LogP contribution in [0.25, 0.3) is 10.9 Å². The monoisotopic (exact) mass is 360 g/mol. The third-order valence-electron chi connectivity index (χ3n) is 5.34. The minimum absolute atomic E-state index is 0.0458. The molecule has 1 aliphatic heterocycles. The number of carbonyl (C=O) groups is 1. The third-order valence-corrected chi connectivity index (χ3v) is 5.34. The summed E-state index contributed by atoms with van der Waals surface area (Å²) in [6, 6.07) is 13.8. The van der Waals surface area contributed by atoms with E-state index in [0.29, 0.717) is 6.54 Å². The summed E-state index contributed by atoms with van der Waals surface area (Å²) in [5.74, 6) is 1.54. The Morgan fingerprint density at radius 2 is 1.96 bits per heavy atom. The van der Waals surface area contributed by atoms with E-state index < -0.39 is 0 Å². The summed E-state index contributed by atoms with van der Waals surface area (Å²) < 4.78 is 10.8. The number of aryl methyl sites for hydroxylation is 1. The van der Waals surface area contributed by atoms with Crippen LogP contribution in [0.4, 0.5) is 0 Å². The molecule has 136 valence electrons. The molecule has 0 N–H and O–H groups in total. The highest BCUT2D eigenvalue weighted by Gasteiger charge is 2.26. The number of benzene rings is 2. The first kappa shape index (κ1) is 16.1. The number of amides is 1. The Bertz CT molecular complexity index is 1060. The molecule has 27 heavy (non-hydrogen) atoms. The Morgan fingerprint density at radius 3 is 2.89 bits per heavy atom. The van der Waals surface area contributed by atoms with Gasteiger partial charge in [0, 0.05) is 24.7 Å². The lowest BCUT2D eigenvalue weighted by Gasteiger charge is -2.20. The Balaban J connectivity index is 1.50. The smallest absolute Gasteiger partial charge is 0.254 e. The molecule has 5 rings (SSSR count). The van der Waals surface area contributed by atoms with E-state index in [1.54, 1.807) is 4.90 Å². The molecular weight excluding hydrogens is 340 g/mol. The number of aromatic nitrogens is 1. The van der Waals surface area contributed by atoms with Gasteiger partial charge in [0.25, 0.3) is 5.91 Å². The molecule has 0 spiro atoms. The highest BCUT2D eigenvalue weighted by molar-refractivity contribution is 6.07. The van der Waals surface area contributed by atoms with Crippen molar-refractivity contribution in [3.63, 3.8) is 0 Å². The molecular formula is C22H20N2O3. The van der Waals surface area contributed by atoms with Crippen LogP contribution in [0.2, 0.25) is 0 Å². The number of hydrogen-bond acceptors (Lipinski definition) is 4. The van der Waals surface area contributed by atoms with Gasteiger partial charge in [0.05, 0.1) is 11.1 Å². The van der Waals surface area contributed by atoms with Gasteiger partial charge in [-0.1, -0.05) is 24.3 Å². The van der Waals surface area contributed by atoms with E-state index in [4.69, 9.17) is 14.5 Å². The number of fused-ring (bicyclic) bond motifs is 3. The van der Waals surface area contributed by atoms with Gasteiger partial charge in [-0.05, 0) is 48.6 Å². The fourth-order valence-corrected chi connectivity index (χ4v) is 4.03. The minimum Gasteiger partial charge on any atom is -0.454 e. The second-order valence-corrected chi connectivity index (χ2v) is 7.13. The lowest BCUT2D eigenvalue weighted by Crippen LogP contribution is -2.27. The maximum Gasteiger partial charge on any atom is 0.254 e. The lowest BCUT2D eigenvalue weighted by molar-refractivity contribution is 0.0786. The standard InChI is InChI=1S/C22H20N2O3/c1-24(12-14-9-10-19-20(11-14)27-13-26-19)22(25)21-15-5-2-3-7-17(15)23-18-8-4-6-16(18)21/h2-3,5,7,9-11H,4,6,8,12-13H2,1H3. The molecule has 0 atom stereocenters. The van der Waals surface area contributed by atoms with Crippen molar-refractivity contribution >= 4 is 16.8 Å². The van der Waals surface area contributed by atoms with Gasteiger partial charge in [0.2, 0.25) is 6.79 Å². The van der Waals surface area contributed by atoms with Crippen molar-refractivity contribution in [1.82, 2.24) is 9.88 Å². The Morgan fingerprint density at radius 1 is 1.11 bits per heavy atom. The van der Waals surface area contributed by atoms with Crippen molar-refractivity contribution in [2.45, 2.75) is 25.8 Å². The predicted octanol–water partition coefficient (Wildman–Crippen LogP) is 3.72. The molecule has 0 fully saturated rings. The van der Waals surface area contributed by atoms with Crippen LogP contribution in [0.15, 0.2) is 42.5 Å². The van der Waals surface area contributed by atoms with Crippen LogP contribution in [0.3, 0.4) is 0 Å². The first-order valence-corrected chi connectivity index (χ1v) is 9.25. The molecule has 0 unspecified atom stereocenters. The van der Waals surface area contributed by atoms with Crippen molar-refractivity contribution in [2.24, 2.45) is 0 Å². The Labute approximate surface area is 157 Å². The van der Waals surface area contributed by atoms with Gasteiger partial charge in [-0.2, -0.15) is 0 Å². The summed E-state index contributed by atoms with van der Waals surface area (Å²) in [7, 11) is 1.85. The molecule has 5 heteroatoms. The summed E-state index contributed by atoms with van der Waals surface area (Å²) in [5.41, 5.74) is 4.93. The minimum atomic E-state index is 0.0458. The topological polar surface area (TPSA) is 51.7 Å². The number of hydrogen-bond donors (Lipinski definition) is 0. The van der Waals surface area contributed by atoms with Crippen molar-refractivity contribution < 1.29 is 14.3 Å². The van der Waals surface area contributed by atoms with E-state index in [-0.39, 0.29) is 12.7 Å². The average molecular weight is 360 g/mol. The molecule has 0 saturated heterocycles. The van der Waals surface area contributed by atoms with Gasteiger partial charge in [-0.15, -0.1) is 0 Å². The second kappa shape index (κ2) is 6.27. The van der Waals surface area contributed by atoms with Gasteiger partial charge in [0.1, 0.15) is 0 Å². The zero-order valence-electron chi connectivity index (χ0n) is 15.2. The van der Waals surface area contributed by atoms with Crippen molar-refractivity contribution in [3.8, 4) is 11.5 Å². The maximum atomic E-state index is 13.4. The highest BCUT2D eigenvalue weighted by Crippen LogP contribution is 2.34. The third kappa shape index (κ3) is 2.70. The van der Waals surface area contributed by atoms with E-state index in [0.717, 1.165) is 64.0 Å². The summed E-state index contributed by atoms with van der Waals surface area (Å²) >= 11 is 0. The first-order valence-electron chi connectivity index (χ1n) is 9.25. The van der Waals surface area contributed by atoms with Gasteiger partial charge >= 0.3 is 0 Å². The number of rotatable bonds is 3. The van der Waals surface area contributed by atoms with Crippen molar-refractivity contribution in [1.29, 1.82) is 0 Å². The van der Waals surface area contributed by atoms with Crippen LogP contribution in [0.5, 0.6) is 11.5 Å². The molecule has 1 aliphatic carbocycles. The second-order valence-electron chi connectivity index (χ2n) is 7.13. The van der Waals surface area contributed by atoms with Gasteiger partial charge in [-0.25, -0.2) is 0 Å². The highest BCUT2D eigenvalue weighted by atomic mass is 16.7. The molecule has 2 aromatic carbocycles. The number of para-hydroxylation sites is 1. The van der Waals surface area contributed by atoms with Crippen molar-refractivity contribution in [3.05, 3.63) is 64.8 Å². The normalized spacial score (nSPS) is 14.4. The number of ether oxygens (including phenoxy) is 2. The molecule has 1 amide bonds. The molecule has 0 bridgehead atoms. The fraction of sp³-hybridized carbons (Fsp3) is 0.273. The predicted molar refractivity (Wildman–Crippen MR) is 102 cm³/mol. The zero-order valence-corrected chi connectivity index (χ0v) is 15.2. The number of carbonyl (C=O) groups excluding carboxylic acids is 1. The quantitative estimate of drug-likeness (QED) is 0.714. The van der Waals surface area contributed by atoms with E-state index in [1.807, 2.05) is 49.5 Å². The summed E-state index contributed by atoms with van der Waals surface area (Å²) in [6.45, 7) is 0.767. The van der Waals surface area contributed by atoms with Crippen molar-refractivity contribution in [2.75, 3.05) is 13.8 Å². The number of pyridine rings is 1. The van der Waals surface area contributed by atoms with E-state index in [1.165, 1.54) is 0 Å². The lowest BCUT2D eigenvalue weighted by atomic mass is 10.00. The van der Waals surface area contributed by atoms with Gasteiger partial charge in [-0.3, -0.25) is 9.78 Å². The van der Waals surface area contributed by atoms with Gasteiger partial charge in [0.15, 0.2) is 11.5 Å². The molecule has 2 heterocycles. The van der Waals surface area contributed by atoms with Crippen LogP contribution < -0.4 is 9.47 Å². The average Bonchev–Trinajstić information content (AvgIpc) is 3.33. The molecule has 0 saturated carbocycles. The molecule has 1 aromatic heterocycles. The molecule has 0 radical (unpaired) electrons.